The lowest BCUT2D eigenvalue weighted by Gasteiger charge is -2.30. The summed E-state index contributed by atoms with van der Waals surface area (Å²) in [7, 11) is 0. The highest BCUT2D eigenvalue weighted by atomic mass is 32.1. The second kappa shape index (κ2) is 7.41. The highest BCUT2D eigenvalue weighted by Gasteiger charge is 2.16. The summed E-state index contributed by atoms with van der Waals surface area (Å²) in [5, 5.41) is 10.6. The zero-order chi connectivity index (χ0) is 17.1. The molecule has 1 aliphatic rings. The molecule has 0 aliphatic carbocycles. The minimum Gasteiger partial charge on any atom is -0.301 e. The number of hydrogen-bond acceptors (Lipinski definition) is 6. The van der Waals surface area contributed by atoms with Gasteiger partial charge in [-0.1, -0.05) is 18.2 Å². The number of rotatable bonds is 5. The normalized spacial score (nSPS) is 18.5. The van der Waals surface area contributed by atoms with Crippen LogP contribution >= 0.6 is 11.3 Å². The Labute approximate surface area is 151 Å². The van der Waals surface area contributed by atoms with Crippen molar-refractivity contribution in [2.24, 2.45) is 5.92 Å². The third-order valence-corrected chi connectivity index (χ3v) is 5.48. The van der Waals surface area contributed by atoms with Gasteiger partial charge >= 0.3 is 0 Å². The van der Waals surface area contributed by atoms with E-state index in [-0.39, 0.29) is 0 Å². The molecule has 1 atom stereocenters. The maximum atomic E-state index is 4.45. The fourth-order valence-electron chi connectivity index (χ4n) is 3.27. The van der Waals surface area contributed by atoms with E-state index in [1.807, 2.05) is 40.8 Å². The molecule has 0 radical (unpaired) electrons. The summed E-state index contributed by atoms with van der Waals surface area (Å²) in [4.78, 5) is 12.5. The van der Waals surface area contributed by atoms with Crippen LogP contribution in [0.1, 0.15) is 19.8 Å². The first kappa shape index (κ1) is 16.4. The molecule has 3 aromatic rings. The molecule has 1 aliphatic heterocycles. The second-order valence-corrected chi connectivity index (χ2v) is 7.64. The van der Waals surface area contributed by atoms with Crippen LogP contribution in [0.5, 0.6) is 0 Å². The van der Waals surface area contributed by atoms with Crippen molar-refractivity contribution in [2.75, 3.05) is 19.6 Å². The lowest BCUT2D eigenvalue weighted by molar-refractivity contribution is 0.176. The molecule has 0 unspecified atom stereocenters. The standard InChI is InChI=1S/C18H22N6S/c1-14-4-2-6-23(12-14)7-8-24-13-16(21-22-24)15-10-19-18(20-11-15)17-5-3-9-25-17/h3,5,9-11,13-14H,2,4,6-8,12H2,1H3/t14-/m1/s1. The topological polar surface area (TPSA) is 59.7 Å². The fraction of sp³-hybridized carbons (Fsp3) is 0.444. The Morgan fingerprint density at radius 3 is 2.88 bits per heavy atom. The molecule has 4 rings (SSSR count). The Hall–Kier alpha value is -2.12. The van der Waals surface area contributed by atoms with E-state index in [0.29, 0.717) is 0 Å². The van der Waals surface area contributed by atoms with Gasteiger partial charge in [-0.3, -0.25) is 4.68 Å². The Kier molecular flexibility index (Phi) is 4.85. The molecule has 1 saturated heterocycles. The summed E-state index contributed by atoms with van der Waals surface area (Å²) in [5.74, 6) is 1.56. The maximum absolute atomic E-state index is 4.45. The summed E-state index contributed by atoms with van der Waals surface area (Å²) in [6, 6.07) is 4.03. The average molecular weight is 354 g/mol. The van der Waals surface area contributed by atoms with Crippen molar-refractivity contribution in [3.63, 3.8) is 0 Å². The van der Waals surface area contributed by atoms with Gasteiger partial charge in [0.1, 0.15) is 5.69 Å². The number of piperidine rings is 1. The van der Waals surface area contributed by atoms with Gasteiger partial charge in [0.25, 0.3) is 0 Å². The van der Waals surface area contributed by atoms with E-state index >= 15 is 0 Å². The van der Waals surface area contributed by atoms with Gasteiger partial charge in [-0.2, -0.15) is 0 Å². The van der Waals surface area contributed by atoms with Crippen LogP contribution in [0.3, 0.4) is 0 Å². The quantitative estimate of drug-likeness (QED) is 0.704. The van der Waals surface area contributed by atoms with Gasteiger partial charge < -0.3 is 4.90 Å². The summed E-state index contributed by atoms with van der Waals surface area (Å²) < 4.78 is 1.92. The van der Waals surface area contributed by atoms with Crippen molar-refractivity contribution < 1.29 is 0 Å². The monoisotopic (exact) mass is 354 g/mol. The van der Waals surface area contributed by atoms with Crippen molar-refractivity contribution in [1.29, 1.82) is 0 Å². The van der Waals surface area contributed by atoms with E-state index in [1.54, 1.807) is 11.3 Å². The van der Waals surface area contributed by atoms with Crippen molar-refractivity contribution in [3.05, 3.63) is 36.1 Å². The zero-order valence-electron chi connectivity index (χ0n) is 14.4. The van der Waals surface area contributed by atoms with E-state index < -0.39 is 0 Å². The molecule has 0 aromatic carbocycles. The Bertz CT molecular complexity index is 795. The van der Waals surface area contributed by atoms with Crippen molar-refractivity contribution in [3.8, 4) is 22.0 Å². The van der Waals surface area contributed by atoms with Gasteiger partial charge in [0.2, 0.25) is 0 Å². The van der Waals surface area contributed by atoms with Gasteiger partial charge in [0.15, 0.2) is 5.82 Å². The molecular formula is C18H22N6S. The minimum absolute atomic E-state index is 0.755. The van der Waals surface area contributed by atoms with Gasteiger partial charge in [0.05, 0.1) is 17.6 Å². The maximum Gasteiger partial charge on any atom is 0.169 e. The predicted molar refractivity (Wildman–Crippen MR) is 99.2 cm³/mol. The summed E-state index contributed by atoms with van der Waals surface area (Å²) in [6.45, 7) is 6.62. The van der Waals surface area contributed by atoms with Crippen molar-refractivity contribution in [1.82, 2.24) is 29.9 Å². The number of thiophene rings is 1. The smallest absolute Gasteiger partial charge is 0.169 e. The molecule has 4 heterocycles. The fourth-order valence-corrected chi connectivity index (χ4v) is 3.94. The molecule has 6 nitrogen and oxygen atoms in total. The van der Waals surface area contributed by atoms with E-state index in [0.717, 1.165) is 41.0 Å². The summed E-state index contributed by atoms with van der Waals surface area (Å²) in [6.07, 6.45) is 8.28. The van der Waals surface area contributed by atoms with Crippen LogP contribution < -0.4 is 0 Å². The lowest BCUT2D eigenvalue weighted by atomic mass is 10.0. The largest absolute Gasteiger partial charge is 0.301 e. The SMILES string of the molecule is C[C@@H]1CCCN(CCn2cc(-c3cnc(-c4cccs4)nc3)nn2)C1. The van der Waals surface area contributed by atoms with E-state index in [9.17, 15) is 0 Å². The number of hydrogen-bond donors (Lipinski definition) is 0. The Morgan fingerprint density at radius 1 is 1.24 bits per heavy atom. The van der Waals surface area contributed by atoms with Crippen LogP contribution in [-0.2, 0) is 6.54 Å². The van der Waals surface area contributed by atoms with Gasteiger partial charge in [0, 0.05) is 31.0 Å². The van der Waals surface area contributed by atoms with Crippen LogP contribution in [0.4, 0.5) is 0 Å². The van der Waals surface area contributed by atoms with Crippen LogP contribution in [0.2, 0.25) is 0 Å². The number of aromatic nitrogens is 5. The molecular weight excluding hydrogens is 332 g/mol. The van der Waals surface area contributed by atoms with Crippen molar-refractivity contribution >= 4 is 11.3 Å². The van der Waals surface area contributed by atoms with E-state index in [2.05, 4.69) is 32.1 Å². The third kappa shape index (κ3) is 3.93. The first-order chi connectivity index (χ1) is 12.3. The van der Waals surface area contributed by atoms with Crippen LogP contribution in [0.15, 0.2) is 36.1 Å². The molecule has 130 valence electrons. The number of nitrogens with zero attached hydrogens (tertiary/aromatic N) is 6. The molecule has 0 bridgehead atoms. The Balaban J connectivity index is 1.39. The van der Waals surface area contributed by atoms with Crippen LogP contribution in [0, 0.1) is 5.92 Å². The average Bonchev–Trinajstić information content (AvgIpc) is 3.32. The molecule has 25 heavy (non-hydrogen) atoms. The first-order valence-electron chi connectivity index (χ1n) is 8.77. The zero-order valence-corrected chi connectivity index (χ0v) is 15.2. The van der Waals surface area contributed by atoms with E-state index in [1.165, 1.54) is 25.9 Å². The minimum atomic E-state index is 0.755. The highest BCUT2D eigenvalue weighted by Crippen LogP contribution is 2.22. The second-order valence-electron chi connectivity index (χ2n) is 6.69. The summed E-state index contributed by atoms with van der Waals surface area (Å²) in [5.41, 5.74) is 1.72. The predicted octanol–water partition coefficient (Wildman–Crippen LogP) is 3.20. The first-order valence-corrected chi connectivity index (χ1v) is 9.65. The van der Waals surface area contributed by atoms with E-state index in [4.69, 9.17) is 0 Å². The molecule has 0 spiro atoms. The number of likely N-dealkylation sites (tertiary alicyclic amines) is 1. The van der Waals surface area contributed by atoms with Gasteiger partial charge in [-0.25, -0.2) is 9.97 Å². The van der Waals surface area contributed by atoms with Gasteiger partial charge in [-0.15, -0.1) is 16.4 Å². The molecule has 1 fully saturated rings. The molecule has 0 saturated carbocycles. The summed E-state index contributed by atoms with van der Waals surface area (Å²) >= 11 is 1.64. The molecule has 0 amide bonds. The highest BCUT2D eigenvalue weighted by molar-refractivity contribution is 7.13. The molecule has 3 aromatic heterocycles. The van der Waals surface area contributed by atoms with Crippen LogP contribution in [0.25, 0.3) is 22.0 Å². The van der Waals surface area contributed by atoms with Crippen LogP contribution in [-0.4, -0.2) is 49.5 Å². The third-order valence-electron chi connectivity index (χ3n) is 4.61. The van der Waals surface area contributed by atoms with Crippen molar-refractivity contribution in [2.45, 2.75) is 26.3 Å². The Morgan fingerprint density at radius 2 is 2.12 bits per heavy atom. The molecule has 7 heteroatoms. The van der Waals surface area contributed by atoms with Gasteiger partial charge in [-0.05, 0) is 36.8 Å². The lowest BCUT2D eigenvalue weighted by Crippen LogP contribution is -2.36. The molecule has 0 N–H and O–H groups in total.